The van der Waals surface area contributed by atoms with Gasteiger partial charge in [0.1, 0.15) is 19.8 Å². The van der Waals surface area contributed by atoms with E-state index < -0.39 is 13.1 Å². The van der Waals surface area contributed by atoms with Gasteiger partial charge in [0, 0.05) is 12.8 Å². The third kappa shape index (κ3) is 37.3. The molecule has 0 aliphatic carbocycles. The second-order valence-corrected chi connectivity index (χ2v) is 18.1. The third-order valence-corrected chi connectivity index (χ3v) is 11.2. The number of rotatable bonds is 38. The highest BCUT2D eigenvalue weighted by Crippen LogP contribution is 2.39. The highest BCUT2D eigenvalue weighted by molar-refractivity contribution is 8.14. The predicted molar refractivity (Wildman–Crippen MR) is 210 cm³/mol. The second kappa shape index (κ2) is 34.3. The molecule has 50 heavy (non-hydrogen) atoms. The minimum Gasteiger partial charge on any atom is -0.756 e. The minimum atomic E-state index is -4.54. The fraction of sp³-hybridized carbons (Fsp3) is 0.950. The van der Waals surface area contributed by atoms with Gasteiger partial charge in [-0.1, -0.05) is 180 Å². The van der Waals surface area contributed by atoms with Crippen LogP contribution in [0.3, 0.4) is 0 Å². The Morgan fingerprint density at radius 1 is 0.580 bits per heavy atom. The van der Waals surface area contributed by atoms with E-state index in [0.717, 1.165) is 50.3 Å². The normalized spacial score (nSPS) is 13.7. The number of carbonyl (C=O) groups excluding carboxylic acids is 2. The maximum absolute atomic E-state index is 12.8. The molecule has 0 spiro atoms. The molecule has 0 bridgehead atoms. The SMILES string of the molecule is CCCCCCCCCCCCCCCC(=O)OCC(COP(=O)([O-])OCC[N+](C)(C)C)SC(=O)CCCCCCCCCCCCCCC. The number of carbonyl (C=O) groups is 2. The van der Waals surface area contributed by atoms with Crippen LogP contribution in [0.5, 0.6) is 0 Å². The fourth-order valence-corrected chi connectivity index (χ4v) is 7.58. The number of quaternary nitrogens is 1. The lowest BCUT2D eigenvalue weighted by molar-refractivity contribution is -0.870. The minimum absolute atomic E-state index is 0.00811. The van der Waals surface area contributed by atoms with Crippen molar-refractivity contribution in [3.8, 4) is 0 Å². The summed E-state index contributed by atoms with van der Waals surface area (Å²) in [6, 6.07) is 0. The summed E-state index contributed by atoms with van der Waals surface area (Å²) < 4.78 is 28.6. The molecule has 0 saturated carbocycles. The Labute approximate surface area is 313 Å². The number of thioether (sulfide) groups is 1. The molecular formula is C40H80NO7PS. The molecule has 0 aliphatic rings. The Hall–Kier alpha value is -0.440. The summed E-state index contributed by atoms with van der Waals surface area (Å²) >= 11 is 1.03. The van der Waals surface area contributed by atoms with E-state index in [-0.39, 0.29) is 30.9 Å². The largest absolute Gasteiger partial charge is 0.756 e. The monoisotopic (exact) mass is 750 g/mol. The first-order valence-corrected chi connectivity index (χ1v) is 23.1. The van der Waals surface area contributed by atoms with E-state index in [1.165, 1.54) is 128 Å². The van der Waals surface area contributed by atoms with Crippen molar-refractivity contribution in [1.29, 1.82) is 0 Å². The maximum Gasteiger partial charge on any atom is 0.305 e. The van der Waals surface area contributed by atoms with Crippen molar-refractivity contribution in [2.75, 3.05) is 47.5 Å². The molecule has 10 heteroatoms. The molecule has 0 N–H and O–H groups in total. The van der Waals surface area contributed by atoms with Gasteiger partial charge in [0.05, 0.1) is 33.0 Å². The first kappa shape index (κ1) is 49.6. The molecule has 0 amide bonds. The average Bonchev–Trinajstić information content (AvgIpc) is 3.06. The molecule has 0 aromatic carbocycles. The maximum atomic E-state index is 12.8. The molecule has 0 saturated heterocycles. The molecule has 8 nitrogen and oxygen atoms in total. The van der Waals surface area contributed by atoms with Crippen LogP contribution in [-0.4, -0.2) is 68.3 Å². The van der Waals surface area contributed by atoms with Crippen LogP contribution in [0.15, 0.2) is 0 Å². The van der Waals surface area contributed by atoms with Gasteiger partial charge in [-0.25, -0.2) is 0 Å². The van der Waals surface area contributed by atoms with E-state index in [1.807, 2.05) is 21.1 Å². The zero-order chi connectivity index (χ0) is 37.2. The van der Waals surface area contributed by atoms with Crippen molar-refractivity contribution in [1.82, 2.24) is 0 Å². The number of phosphoric acid groups is 1. The smallest absolute Gasteiger partial charge is 0.305 e. The van der Waals surface area contributed by atoms with Crippen LogP contribution in [-0.2, 0) is 27.9 Å². The molecule has 2 unspecified atom stereocenters. The molecule has 0 aromatic rings. The quantitative estimate of drug-likeness (QED) is 0.0266. The number of hydrogen-bond acceptors (Lipinski definition) is 8. The van der Waals surface area contributed by atoms with Crippen molar-refractivity contribution in [2.24, 2.45) is 0 Å². The van der Waals surface area contributed by atoms with Gasteiger partial charge in [0.15, 0.2) is 5.12 Å². The van der Waals surface area contributed by atoms with Crippen molar-refractivity contribution < 1.29 is 37.3 Å². The molecule has 0 fully saturated rings. The van der Waals surface area contributed by atoms with Gasteiger partial charge in [-0.3, -0.25) is 14.2 Å². The van der Waals surface area contributed by atoms with Gasteiger partial charge in [-0.15, -0.1) is 0 Å². The van der Waals surface area contributed by atoms with Crippen molar-refractivity contribution in [3.05, 3.63) is 0 Å². The van der Waals surface area contributed by atoms with Crippen LogP contribution < -0.4 is 4.89 Å². The third-order valence-electron chi connectivity index (χ3n) is 9.13. The second-order valence-electron chi connectivity index (χ2n) is 15.4. The summed E-state index contributed by atoms with van der Waals surface area (Å²) in [5.41, 5.74) is 0. The highest BCUT2D eigenvalue weighted by atomic mass is 32.2. The summed E-state index contributed by atoms with van der Waals surface area (Å²) in [6.07, 6.45) is 33.0. The summed E-state index contributed by atoms with van der Waals surface area (Å²) in [5.74, 6) is -0.313. The molecule has 0 aliphatic heterocycles. The van der Waals surface area contributed by atoms with Gasteiger partial charge in [-0.2, -0.15) is 0 Å². The van der Waals surface area contributed by atoms with E-state index in [1.54, 1.807) is 0 Å². The Kier molecular flexibility index (Phi) is 34.0. The van der Waals surface area contributed by atoms with Gasteiger partial charge in [0.25, 0.3) is 7.82 Å². The van der Waals surface area contributed by atoms with E-state index in [4.69, 9.17) is 13.8 Å². The Morgan fingerprint density at radius 2 is 0.960 bits per heavy atom. The molecule has 0 radical (unpaired) electrons. The number of hydrogen-bond donors (Lipinski definition) is 0. The van der Waals surface area contributed by atoms with Crippen molar-refractivity contribution in [2.45, 2.75) is 199 Å². The summed E-state index contributed by atoms with van der Waals surface area (Å²) in [6.45, 7) is 4.68. The Bertz CT molecular complexity index is 839. The van der Waals surface area contributed by atoms with Crippen molar-refractivity contribution in [3.63, 3.8) is 0 Å². The molecule has 0 heterocycles. The standard InChI is InChI=1S/C40H80NO7PS/c1-6-8-10-12-14-16-18-20-22-24-26-28-30-32-39(42)46-36-38(37-48-49(44,45)47-35-34-41(3,4)5)50-40(43)33-31-29-27-25-23-21-19-17-15-13-11-9-7-2/h38H,6-37H2,1-5H3. The average molecular weight is 750 g/mol. The molecule has 2 atom stereocenters. The van der Waals surface area contributed by atoms with Crippen molar-refractivity contribution >= 4 is 30.7 Å². The number of nitrogens with zero attached hydrogens (tertiary/aromatic N) is 1. The van der Waals surface area contributed by atoms with Gasteiger partial charge in [0.2, 0.25) is 0 Å². The lowest BCUT2D eigenvalue weighted by Crippen LogP contribution is -2.37. The predicted octanol–water partition coefficient (Wildman–Crippen LogP) is 11.3. The zero-order valence-corrected chi connectivity index (χ0v) is 35.1. The van der Waals surface area contributed by atoms with Gasteiger partial charge in [-0.05, 0) is 12.8 Å². The van der Waals surface area contributed by atoms with E-state index in [9.17, 15) is 19.0 Å². The number of likely N-dealkylation sites (N-methyl/N-ethyl adjacent to an activating group) is 1. The number of phosphoric ester groups is 1. The fourth-order valence-electron chi connectivity index (χ4n) is 5.83. The van der Waals surface area contributed by atoms with Crippen LogP contribution in [0.25, 0.3) is 0 Å². The molecule has 298 valence electrons. The molecule has 0 aromatic heterocycles. The van der Waals surface area contributed by atoms with Crippen LogP contribution in [0, 0.1) is 0 Å². The topological polar surface area (TPSA) is 102 Å². The van der Waals surface area contributed by atoms with Crippen LogP contribution in [0.1, 0.15) is 194 Å². The first-order valence-electron chi connectivity index (χ1n) is 20.7. The van der Waals surface area contributed by atoms with E-state index in [2.05, 4.69) is 13.8 Å². The van der Waals surface area contributed by atoms with Crippen LogP contribution in [0.2, 0.25) is 0 Å². The van der Waals surface area contributed by atoms with Crippen LogP contribution >= 0.6 is 19.6 Å². The van der Waals surface area contributed by atoms with Gasteiger partial charge >= 0.3 is 5.97 Å². The molecular weight excluding hydrogens is 669 g/mol. The van der Waals surface area contributed by atoms with Crippen LogP contribution in [0.4, 0.5) is 0 Å². The highest BCUT2D eigenvalue weighted by Gasteiger charge is 2.21. The Morgan fingerprint density at radius 3 is 1.36 bits per heavy atom. The number of ether oxygens (including phenoxy) is 1. The zero-order valence-electron chi connectivity index (χ0n) is 33.4. The van der Waals surface area contributed by atoms with E-state index >= 15 is 0 Å². The first-order chi connectivity index (χ1) is 24.0. The van der Waals surface area contributed by atoms with E-state index in [0.29, 0.717) is 23.9 Å². The summed E-state index contributed by atoms with van der Waals surface area (Å²) in [4.78, 5) is 37.7. The number of esters is 1. The lowest BCUT2D eigenvalue weighted by atomic mass is 10.0. The summed E-state index contributed by atoms with van der Waals surface area (Å²) in [5, 5.41) is -0.634. The Balaban J connectivity index is 4.36. The number of unbranched alkanes of at least 4 members (excludes halogenated alkanes) is 24. The lowest BCUT2D eigenvalue weighted by Gasteiger charge is -2.28. The molecule has 0 rings (SSSR count). The summed E-state index contributed by atoms with van der Waals surface area (Å²) in [7, 11) is 1.30. The van der Waals surface area contributed by atoms with Gasteiger partial charge < -0.3 is 23.2 Å².